The van der Waals surface area contributed by atoms with Gasteiger partial charge in [-0.1, -0.05) is 27.7 Å². The lowest BCUT2D eigenvalue weighted by atomic mass is 9.78. The molecule has 1 saturated heterocycles. The third-order valence-electron chi connectivity index (χ3n) is 6.44. The van der Waals surface area contributed by atoms with E-state index in [2.05, 4.69) is 27.7 Å². The monoisotopic (exact) mass is 556 g/mol. The van der Waals surface area contributed by atoms with Crippen molar-refractivity contribution in [3.05, 3.63) is 0 Å². The number of hydrogen-bond acceptors (Lipinski definition) is 8. The van der Waals surface area contributed by atoms with E-state index in [1.54, 1.807) is 55.4 Å². The molecule has 1 aliphatic heterocycles. The van der Waals surface area contributed by atoms with Crippen molar-refractivity contribution < 1.29 is 36.7 Å². The minimum atomic E-state index is -3.89. The molecule has 0 radical (unpaired) electrons. The summed E-state index contributed by atoms with van der Waals surface area (Å²) in [6.07, 6.45) is -0.100. The number of rotatable bonds is 16. The molecule has 8 nitrogen and oxygen atoms in total. The summed E-state index contributed by atoms with van der Waals surface area (Å²) in [6, 6.07) is 0. The van der Waals surface area contributed by atoms with Crippen LogP contribution < -0.4 is 0 Å². The van der Waals surface area contributed by atoms with E-state index in [9.17, 15) is 9.13 Å². The standard InChI is InChI=1S/C26H54O8P2/c1-13-24-22(11)21(10)23(12)26(30-24)29-16-14-15-25(35(27,31-17(2)3)32-18(4)5)36(28,33-19(6)7)34-20(8)9/h17-26H,13-16H2,1-12H3. The molecule has 0 aromatic rings. The lowest BCUT2D eigenvalue weighted by molar-refractivity contribution is -0.248. The van der Waals surface area contributed by atoms with Gasteiger partial charge in [-0.2, -0.15) is 0 Å². The summed E-state index contributed by atoms with van der Waals surface area (Å²) >= 11 is 0. The van der Waals surface area contributed by atoms with Crippen molar-refractivity contribution in [2.24, 2.45) is 17.8 Å². The molecular weight excluding hydrogens is 502 g/mol. The summed E-state index contributed by atoms with van der Waals surface area (Å²) in [4.78, 5) is 0. The zero-order valence-electron chi connectivity index (χ0n) is 24.8. The molecule has 5 unspecified atom stereocenters. The van der Waals surface area contributed by atoms with Crippen molar-refractivity contribution in [3.63, 3.8) is 0 Å². The first-order valence-corrected chi connectivity index (χ1v) is 17.0. The molecule has 0 saturated carbocycles. The molecule has 0 aliphatic carbocycles. The Labute approximate surface area is 220 Å². The normalized spacial score (nSPS) is 26.2. The van der Waals surface area contributed by atoms with Gasteiger partial charge < -0.3 is 27.6 Å². The van der Waals surface area contributed by atoms with Gasteiger partial charge >= 0.3 is 15.2 Å². The Hall–Kier alpha value is 0.220. The highest BCUT2D eigenvalue weighted by Crippen LogP contribution is 2.73. The molecule has 0 N–H and O–H groups in total. The van der Waals surface area contributed by atoms with E-state index < -0.39 is 45.0 Å². The summed E-state index contributed by atoms with van der Waals surface area (Å²) in [7, 11) is -7.79. The van der Waals surface area contributed by atoms with Crippen molar-refractivity contribution >= 4 is 15.2 Å². The van der Waals surface area contributed by atoms with Crippen molar-refractivity contribution in [2.45, 2.75) is 145 Å². The smallest absolute Gasteiger partial charge is 0.346 e. The third-order valence-corrected chi connectivity index (χ3v) is 13.0. The van der Waals surface area contributed by atoms with Crippen LogP contribution in [0.15, 0.2) is 0 Å². The fourth-order valence-corrected chi connectivity index (χ4v) is 10.7. The minimum absolute atomic E-state index is 0.159. The molecule has 0 bridgehead atoms. The maximum Gasteiger partial charge on any atom is 0.346 e. The molecule has 0 amide bonds. The van der Waals surface area contributed by atoms with Gasteiger partial charge in [0.15, 0.2) is 11.7 Å². The van der Waals surface area contributed by atoms with E-state index in [1.807, 2.05) is 0 Å². The first-order valence-electron chi connectivity index (χ1n) is 13.8. The summed E-state index contributed by atoms with van der Waals surface area (Å²) < 4.78 is 64.4. The Morgan fingerprint density at radius 3 is 1.47 bits per heavy atom. The Morgan fingerprint density at radius 2 is 1.11 bits per heavy atom. The van der Waals surface area contributed by atoms with Crippen LogP contribution >= 0.6 is 15.2 Å². The molecule has 1 heterocycles. The Kier molecular flexibility index (Phi) is 14.4. The third kappa shape index (κ3) is 10.1. The van der Waals surface area contributed by atoms with Gasteiger partial charge in [-0.05, 0) is 86.5 Å². The van der Waals surface area contributed by atoms with E-state index in [0.717, 1.165) is 6.42 Å². The van der Waals surface area contributed by atoms with Crippen molar-refractivity contribution in [3.8, 4) is 0 Å². The van der Waals surface area contributed by atoms with Gasteiger partial charge in [-0.25, -0.2) is 0 Å². The summed E-state index contributed by atoms with van der Waals surface area (Å²) in [5, 5.41) is -1.07. The fourth-order valence-electron chi connectivity index (χ4n) is 4.61. The molecular formula is C26H54O8P2. The van der Waals surface area contributed by atoms with E-state index in [0.29, 0.717) is 24.9 Å². The van der Waals surface area contributed by atoms with Crippen LogP contribution in [0.5, 0.6) is 0 Å². The molecule has 216 valence electrons. The maximum atomic E-state index is 14.2. The first-order chi connectivity index (χ1) is 16.6. The highest BCUT2D eigenvalue weighted by atomic mass is 31.2. The van der Waals surface area contributed by atoms with Crippen molar-refractivity contribution in [2.75, 3.05) is 6.61 Å². The lowest BCUT2D eigenvalue weighted by Gasteiger charge is -2.43. The number of hydrogen-bond donors (Lipinski definition) is 0. The van der Waals surface area contributed by atoms with Crippen LogP contribution in [-0.4, -0.2) is 48.8 Å². The SMILES string of the molecule is CCC1OC(OCCCC(P(=O)(OC(C)C)OC(C)C)P(=O)(OC(C)C)OC(C)C)C(C)C(C)C1C. The van der Waals surface area contributed by atoms with E-state index in [1.165, 1.54) is 0 Å². The van der Waals surface area contributed by atoms with Gasteiger partial charge in [0.1, 0.15) is 0 Å². The Morgan fingerprint density at radius 1 is 0.694 bits per heavy atom. The average molecular weight is 557 g/mol. The van der Waals surface area contributed by atoms with Gasteiger partial charge in [-0.3, -0.25) is 9.13 Å². The van der Waals surface area contributed by atoms with E-state index in [4.69, 9.17) is 27.6 Å². The predicted molar refractivity (Wildman–Crippen MR) is 146 cm³/mol. The molecule has 1 rings (SSSR count). The predicted octanol–water partition coefficient (Wildman–Crippen LogP) is 8.24. The number of ether oxygens (including phenoxy) is 2. The van der Waals surface area contributed by atoms with Gasteiger partial charge in [0.2, 0.25) is 0 Å². The van der Waals surface area contributed by atoms with E-state index >= 15 is 0 Å². The lowest BCUT2D eigenvalue weighted by Crippen LogP contribution is -2.45. The summed E-state index contributed by atoms with van der Waals surface area (Å²) in [5.74, 6) is 1.19. The molecule has 0 aromatic heterocycles. The van der Waals surface area contributed by atoms with Crippen LogP contribution in [0.4, 0.5) is 0 Å². The van der Waals surface area contributed by atoms with Gasteiger partial charge in [0.25, 0.3) is 0 Å². The van der Waals surface area contributed by atoms with Gasteiger partial charge in [0.05, 0.1) is 30.5 Å². The zero-order chi connectivity index (χ0) is 27.8. The van der Waals surface area contributed by atoms with Crippen LogP contribution in [0.2, 0.25) is 0 Å². The summed E-state index contributed by atoms with van der Waals surface area (Å²) in [6.45, 7) is 23.4. The Balaban J connectivity index is 3.16. The molecule has 10 heteroatoms. The topological polar surface area (TPSA) is 89.5 Å². The van der Waals surface area contributed by atoms with Crippen LogP contribution in [0, 0.1) is 17.8 Å². The molecule has 36 heavy (non-hydrogen) atoms. The van der Waals surface area contributed by atoms with E-state index in [-0.39, 0.29) is 24.7 Å². The van der Waals surface area contributed by atoms with Crippen LogP contribution in [0.3, 0.4) is 0 Å². The first kappa shape index (κ1) is 34.2. The molecule has 1 fully saturated rings. The van der Waals surface area contributed by atoms with Gasteiger partial charge in [0, 0.05) is 12.5 Å². The maximum absolute atomic E-state index is 14.2. The molecule has 5 atom stereocenters. The fraction of sp³-hybridized carbons (Fsp3) is 1.00. The second kappa shape index (κ2) is 15.1. The van der Waals surface area contributed by atoms with Gasteiger partial charge in [-0.15, -0.1) is 0 Å². The van der Waals surface area contributed by atoms with Crippen molar-refractivity contribution in [1.82, 2.24) is 0 Å². The van der Waals surface area contributed by atoms with Crippen LogP contribution in [0.1, 0.15) is 102 Å². The van der Waals surface area contributed by atoms with Crippen LogP contribution in [-0.2, 0) is 36.7 Å². The molecule has 1 aliphatic rings. The second-order valence-corrected chi connectivity index (χ2v) is 15.9. The van der Waals surface area contributed by atoms with Crippen molar-refractivity contribution in [1.29, 1.82) is 0 Å². The largest absolute Gasteiger partial charge is 0.352 e. The zero-order valence-corrected chi connectivity index (χ0v) is 26.6. The minimum Gasteiger partial charge on any atom is -0.352 e. The average Bonchev–Trinajstić information content (AvgIpc) is 2.70. The molecule has 0 aromatic carbocycles. The highest BCUT2D eigenvalue weighted by molar-refractivity contribution is 7.72. The quantitative estimate of drug-likeness (QED) is 0.139. The second-order valence-electron chi connectivity index (χ2n) is 11.2. The molecule has 0 spiro atoms. The van der Waals surface area contributed by atoms with Crippen LogP contribution in [0.25, 0.3) is 0 Å². The highest BCUT2D eigenvalue weighted by Gasteiger charge is 2.52. The Bertz CT molecular complexity index is 659. The summed E-state index contributed by atoms with van der Waals surface area (Å²) in [5.41, 5.74) is 0.